The molecule has 0 saturated carbocycles. The topological polar surface area (TPSA) is 41.5 Å². The normalized spacial score (nSPS) is 10.4. The molecule has 3 nitrogen and oxygen atoms in total. The van der Waals surface area contributed by atoms with Gasteiger partial charge in [0, 0.05) is 25.3 Å². The molecule has 0 fully saturated rings. The van der Waals surface area contributed by atoms with Crippen LogP contribution < -0.4 is 5.32 Å². The first kappa shape index (κ1) is 11.0. The number of rotatable bonds is 6. The van der Waals surface area contributed by atoms with E-state index in [4.69, 9.17) is 4.74 Å². The molecule has 0 aliphatic heterocycles. The average Bonchev–Trinajstić information content (AvgIpc) is 2.20. The van der Waals surface area contributed by atoms with Gasteiger partial charge >= 0.3 is 0 Å². The van der Waals surface area contributed by atoms with Gasteiger partial charge in [-0.1, -0.05) is 18.2 Å². The summed E-state index contributed by atoms with van der Waals surface area (Å²) in [6.07, 6.45) is 0. The Morgan fingerprint density at radius 3 is 2.86 bits per heavy atom. The molecule has 1 aromatic carbocycles. The zero-order valence-corrected chi connectivity index (χ0v) is 8.49. The summed E-state index contributed by atoms with van der Waals surface area (Å²) >= 11 is 0. The predicted octanol–water partition coefficient (Wildman–Crippen LogP) is 1.52. The van der Waals surface area contributed by atoms with Crippen molar-refractivity contribution in [3.8, 4) is 5.75 Å². The van der Waals surface area contributed by atoms with Gasteiger partial charge in [-0.05, 0) is 13.0 Å². The third kappa shape index (κ3) is 3.77. The smallest absolute Gasteiger partial charge is 0.120 e. The number of aromatic hydroxyl groups is 1. The van der Waals surface area contributed by atoms with Gasteiger partial charge in [-0.15, -0.1) is 0 Å². The molecular formula is C11H17NO2. The van der Waals surface area contributed by atoms with Crippen LogP contribution in [0.3, 0.4) is 0 Å². The molecule has 1 rings (SSSR count). The number of phenols is 1. The minimum absolute atomic E-state index is 0.344. The van der Waals surface area contributed by atoms with Crippen molar-refractivity contribution in [3.05, 3.63) is 29.8 Å². The monoisotopic (exact) mass is 195 g/mol. The minimum Gasteiger partial charge on any atom is -0.508 e. The summed E-state index contributed by atoms with van der Waals surface area (Å²) in [4.78, 5) is 0. The van der Waals surface area contributed by atoms with Crippen molar-refractivity contribution >= 4 is 0 Å². The zero-order valence-electron chi connectivity index (χ0n) is 8.49. The largest absolute Gasteiger partial charge is 0.508 e. The van der Waals surface area contributed by atoms with Gasteiger partial charge < -0.3 is 15.2 Å². The summed E-state index contributed by atoms with van der Waals surface area (Å²) in [6, 6.07) is 7.33. The number of phenolic OH excluding ortho intramolecular Hbond substituents is 1. The van der Waals surface area contributed by atoms with Gasteiger partial charge in [0.05, 0.1) is 6.61 Å². The average molecular weight is 195 g/mol. The predicted molar refractivity (Wildman–Crippen MR) is 56.3 cm³/mol. The fraction of sp³-hybridized carbons (Fsp3) is 0.455. The van der Waals surface area contributed by atoms with Crippen LogP contribution in [0.2, 0.25) is 0 Å². The van der Waals surface area contributed by atoms with Crippen molar-refractivity contribution in [1.29, 1.82) is 0 Å². The van der Waals surface area contributed by atoms with Crippen LogP contribution in [0.5, 0.6) is 5.75 Å². The third-order valence-electron chi connectivity index (χ3n) is 1.93. The highest BCUT2D eigenvalue weighted by molar-refractivity contribution is 5.31. The third-order valence-corrected chi connectivity index (χ3v) is 1.93. The van der Waals surface area contributed by atoms with Crippen LogP contribution >= 0.6 is 0 Å². The fourth-order valence-corrected chi connectivity index (χ4v) is 1.17. The van der Waals surface area contributed by atoms with Crippen molar-refractivity contribution in [1.82, 2.24) is 5.32 Å². The van der Waals surface area contributed by atoms with Crippen LogP contribution in [-0.4, -0.2) is 24.9 Å². The molecule has 0 radical (unpaired) electrons. The summed E-state index contributed by atoms with van der Waals surface area (Å²) < 4.78 is 5.18. The van der Waals surface area contributed by atoms with Gasteiger partial charge in [0.2, 0.25) is 0 Å². The van der Waals surface area contributed by atoms with E-state index in [-0.39, 0.29) is 0 Å². The second kappa shape index (κ2) is 6.40. The van der Waals surface area contributed by atoms with Gasteiger partial charge in [-0.2, -0.15) is 0 Å². The van der Waals surface area contributed by atoms with Crippen LogP contribution in [0, 0.1) is 0 Å². The Hall–Kier alpha value is -1.06. The minimum atomic E-state index is 0.344. The Labute approximate surface area is 84.7 Å². The molecule has 14 heavy (non-hydrogen) atoms. The molecule has 0 amide bonds. The molecular weight excluding hydrogens is 178 g/mol. The van der Waals surface area contributed by atoms with Crippen molar-refractivity contribution < 1.29 is 9.84 Å². The molecule has 0 aliphatic rings. The number of hydrogen-bond acceptors (Lipinski definition) is 3. The molecule has 0 heterocycles. The van der Waals surface area contributed by atoms with Crippen molar-refractivity contribution in [2.45, 2.75) is 13.5 Å². The standard InChI is InChI=1S/C11H17NO2/c1-2-14-8-7-12-9-10-5-3-4-6-11(10)13/h3-6,12-13H,2,7-9H2,1H3. The van der Waals surface area contributed by atoms with Gasteiger partial charge in [-0.25, -0.2) is 0 Å². The van der Waals surface area contributed by atoms with E-state index < -0.39 is 0 Å². The van der Waals surface area contributed by atoms with Crippen LogP contribution in [0.15, 0.2) is 24.3 Å². The summed E-state index contributed by atoms with van der Waals surface area (Å²) in [5, 5.41) is 12.6. The lowest BCUT2D eigenvalue weighted by molar-refractivity contribution is 0.149. The lowest BCUT2D eigenvalue weighted by atomic mass is 10.2. The number of nitrogens with one attached hydrogen (secondary N) is 1. The lowest BCUT2D eigenvalue weighted by Crippen LogP contribution is -2.19. The van der Waals surface area contributed by atoms with E-state index in [0.717, 1.165) is 18.7 Å². The highest BCUT2D eigenvalue weighted by Gasteiger charge is 1.97. The molecule has 0 unspecified atom stereocenters. The van der Waals surface area contributed by atoms with Crippen LogP contribution in [0.25, 0.3) is 0 Å². The van der Waals surface area contributed by atoms with Crippen molar-refractivity contribution in [3.63, 3.8) is 0 Å². The van der Waals surface area contributed by atoms with Gasteiger partial charge in [-0.3, -0.25) is 0 Å². The first-order valence-electron chi connectivity index (χ1n) is 4.90. The molecule has 0 atom stereocenters. The SMILES string of the molecule is CCOCCNCc1ccccc1O. The molecule has 0 bridgehead atoms. The molecule has 3 heteroatoms. The molecule has 0 spiro atoms. The maximum atomic E-state index is 9.44. The number of hydrogen-bond donors (Lipinski definition) is 2. The summed E-state index contributed by atoms with van der Waals surface area (Å²) in [7, 11) is 0. The van der Waals surface area contributed by atoms with E-state index in [1.54, 1.807) is 6.07 Å². The Bertz CT molecular complexity index is 263. The van der Waals surface area contributed by atoms with Crippen molar-refractivity contribution in [2.24, 2.45) is 0 Å². The van der Waals surface area contributed by atoms with E-state index in [0.29, 0.717) is 18.9 Å². The van der Waals surface area contributed by atoms with E-state index in [2.05, 4.69) is 5.32 Å². The van der Waals surface area contributed by atoms with Gasteiger partial charge in [0.15, 0.2) is 0 Å². The van der Waals surface area contributed by atoms with E-state index in [1.807, 2.05) is 25.1 Å². The Morgan fingerprint density at radius 1 is 1.36 bits per heavy atom. The number of benzene rings is 1. The summed E-state index contributed by atoms with van der Waals surface area (Å²) in [5.74, 6) is 0.344. The van der Waals surface area contributed by atoms with Gasteiger partial charge in [0.25, 0.3) is 0 Å². The second-order valence-corrected chi connectivity index (χ2v) is 3.00. The quantitative estimate of drug-likeness (QED) is 0.676. The Morgan fingerprint density at radius 2 is 2.14 bits per heavy atom. The maximum Gasteiger partial charge on any atom is 0.120 e. The van der Waals surface area contributed by atoms with E-state index in [1.165, 1.54) is 0 Å². The van der Waals surface area contributed by atoms with E-state index in [9.17, 15) is 5.11 Å². The van der Waals surface area contributed by atoms with Crippen molar-refractivity contribution in [2.75, 3.05) is 19.8 Å². The first-order chi connectivity index (χ1) is 6.84. The van der Waals surface area contributed by atoms with Crippen LogP contribution in [-0.2, 0) is 11.3 Å². The fourth-order valence-electron chi connectivity index (χ4n) is 1.17. The molecule has 2 N–H and O–H groups in total. The van der Waals surface area contributed by atoms with Crippen LogP contribution in [0.1, 0.15) is 12.5 Å². The summed E-state index contributed by atoms with van der Waals surface area (Å²) in [5.41, 5.74) is 0.920. The highest BCUT2D eigenvalue weighted by Crippen LogP contribution is 2.14. The first-order valence-corrected chi connectivity index (χ1v) is 4.90. The number of ether oxygens (including phenoxy) is 1. The van der Waals surface area contributed by atoms with E-state index >= 15 is 0 Å². The molecule has 0 aliphatic carbocycles. The molecule has 0 saturated heterocycles. The highest BCUT2D eigenvalue weighted by atomic mass is 16.5. The second-order valence-electron chi connectivity index (χ2n) is 3.00. The number of para-hydroxylation sites is 1. The zero-order chi connectivity index (χ0) is 10.2. The molecule has 78 valence electrons. The van der Waals surface area contributed by atoms with Gasteiger partial charge in [0.1, 0.15) is 5.75 Å². The summed E-state index contributed by atoms with van der Waals surface area (Å²) in [6.45, 7) is 4.92. The molecule has 1 aromatic rings. The Balaban J connectivity index is 2.21. The van der Waals surface area contributed by atoms with Crippen LogP contribution in [0.4, 0.5) is 0 Å². The maximum absolute atomic E-state index is 9.44. The lowest BCUT2D eigenvalue weighted by Gasteiger charge is -2.06. The Kier molecular flexibility index (Phi) is 5.04. The molecule has 0 aromatic heterocycles.